The molecule has 2 N–H and O–H groups in total. The Hall–Kier alpha value is -3.95. The molecule has 4 heterocycles. The first-order valence-electron chi connectivity index (χ1n) is 13.4. The number of amides is 1. The molecule has 1 saturated carbocycles. The predicted octanol–water partition coefficient (Wildman–Crippen LogP) is 4.91. The minimum absolute atomic E-state index is 0.0453. The third kappa shape index (κ3) is 6.05. The molecule has 204 valence electrons. The van der Waals surface area contributed by atoms with Crippen molar-refractivity contribution in [3.05, 3.63) is 82.8 Å². The molecule has 9 nitrogen and oxygen atoms in total. The number of halogens is 1. The average molecular weight is 531 g/mol. The van der Waals surface area contributed by atoms with Gasteiger partial charge in [-0.2, -0.15) is 10.2 Å². The highest BCUT2D eigenvalue weighted by Gasteiger charge is 2.42. The molecule has 1 amide bonds. The molecule has 0 aromatic carbocycles. The van der Waals surface area contributed by atoms with Gasteiger partial charge in [0, 0.05) is 35.8 Å². The number of aromatic nitrogens is 7. The Morgan fingerprint density at radius 3 is 2.64 bits per heavy atom. The van der Waals surface area contributed by atoms with Gasteiger partial charge >= 0.3 is 0 Å². The van der Waals surface area contributed by atoms with Crippen LogP contribution in [0.2, 0.25) is 0 Å². The number of aromatic amines is 1. The number of carbonyl (C=O) groups excluding carboxylic acids is 1. The van der Waals surface area contributed by atoms with Crippen LogP contribution in [0.5, 0.6) is 0 Å². The summed E-state index contributed by atoms with van der Waals surface area (Å²) in [5.41, 5.74) is 4.57. The lowest BCUT2D eigenvalue weighted by Gasteiger charge is -2.41. The fraction of sp³-hybridized carbons (Fsp3) is 0.448. The first kappa shape index (κ1) is 26.6. The number of H-pyrrole nitrogens is 1. The molecule has 4 aromatic heterocycles. The Labute approximate surface area is 227 Å². The van der Waals surface area contributed by atoms with E-state index in [-0.39, 0.29) is 29.2 Å². The average Bonchev–Trinajstić information content (AvgIpc) is 3.50. The highest BCUT2D eigenvalue weighted by molar-refractivity contribution is 5.80. The number of nitrogens with one attached hydrogen (secondary N) is 2. The topological polar surface area (TPSA) is 114 Å². The van der Waals surface area contributed by atoms with Crippen molar-refractivity contribution < 1.29 is 9.18 Å². The Kier molecular flexibility index (Phi) is 7.29. The summed E-state index contributed by atoms with van der Waals surface area (Å²) in [6, 6.07) is 7.49. The highest BCUT2D eigenvalue weighted by Crippen LogP contribution is 2.46. The van der Waals surface area contributed by atoms with Crippen molar-refractivity contribution in [2.75, 3.05) is 0 Å². The monoisotopic (exact) mass is 530 g/mol. The van der Waals surface area contributed by atoms with E-state index in [1.807, 2.05) is 39.0 Å². The number of nitrogens with zero attached hydrogens (tertiary/aromatic N) is 6. The molecule has 4 aromatic rings. The van der Waals surface area contributed by atoms with Gasteiger partial charge in [0.2, 0.25) is 5.91 Å². The number of hydrogen-bond donors (Lipinski definition) is 2. The van der Waals surface area contributed by atoms with E-state index in [0.29, 0.717) is 12.2 Å². The highest BCUT2D eigenvalue weighted by atomic mass is 19.1. The molecule has 1 fully saturated rings. The number of pyridine rings is 1. The summed E-state index contributed by atoms with van der Waals surface area (Å²) in [5, 5.41) is 14.5. The molecule has 0 radical (unpaired) electrons. The molecular formula is C29H35FN8O. The summed E-state index contributed by atoms with van der Waals surface area (Å²) in [6.07, 6.45) is 7.23. The first-order chi connectivity index (χ1) is 18.6. The molecule has 1 aliphatic carbocycles. The van der Waals surface area contributed by atoms with Crippen LogP contribution in [0.4, 0.5) is 4.39 Å². The fourth-order valence-corrected chi connectivity index (χ4v) is 5.64. The van der Waals surface area contributed by atoms with Crippen molar-refractivity contribution in [1.82, 2.24) is 40.2 Å². The summed E-state index contributed by atoms with van der Waals surface area (Å²) in [7, 11) is 0. The van der Waals surface area contributed by atoms with E-state index < -0.39 is 5.82 Å². The van der Waals surface area contributed by atoms with Crippen LogP contribution in [0.15, 0.2) is 42.9 Å². The number of aryl methyl sites for hydroxylation is 2. The van der Waals surface area contributed by atoms with E-state index >= 15 is 0 Å². The molecule has 0 aliphatic heterocycles. The minimum atomic E-state index is -0.419. The third-order valence-electron chi connectivity index (χ3n) is 7.66. The van der Waals surface area contributed by atoms with Crippen molar-refractivity contribution in [2.24, 2.45) is 11.3 Å². The van der Waals surface area contributed by atoms with Crippen molar-refractivity contribution >= 4 is 5.91 Å². The van der Waals surface area contributed by atoms with Gasteiger partial charge in [-0.3, -0.25) is 9.89 Å². The van der Waals surface area contributed by atoms with E-state index in [0.717, 1.165) is 59.6 Å². The number of carbonyl (C=O) groups is 1. The van der Waals surface area contributed by atoms with E-state index in [4.69, 9.17) is 9.97 Å². The zero-order chi connectivity index (χ0) is 27.7. The fourth-order valence-electron chi connectivity index (χ4n) is 5.64. The second kappa shape index (κ2) is 10.7. The van der Waals surface area contributed by atoms with E-state index in [1.165, 1.54) is 10.9 Å². The van der Waals surface area contributed by atoms with Crippen LogP contribution in [0.3, 0.4) is 0 Å². The van der Waals surface area contributed by atoms with Gasteiger partial charge in [-0.05, 0) is 69.2 Å². The third-order valence-corrected chi connectivity index (χ3v) is 7.66. The Morgan fingerprint density at radius 1 is 1.18 bits per heavy atom. The van der Waals surface area contributed by atoms with Crippen LogP contribution in [0.1, 0.15) is 86.2 Å². The normalized spacial score (nSPS) is 19.5. The molecule has 5 rings (SSSR count). The molecule has 0 bridgehead atoms. The Bertz CT molecular complexity index is 1460. The molecule has 10 heteroatoms. The molecule has 0 spiro atoms. The Morgan fingerprint density at radius 2 is 2.00 bits per heavy atom. The lowest BCUT2D eigenvalue weighted by Crippen LogP contribution is -2.43. The maximum atomic E-state index is 13.4. The largest absolute Gasteiger partial charge is 0.349 e. The molecule has 0 unspecified atom stereocenters. The van der Waals surface area contributed by atoms with Gasteiger partial charge in [0.1, 0.15) is 5.82 Å². The van der Waals surface area contributed by atoms with Crippen LogP contribution < -0.4 is 5.32 Å². The summed E-state index contributed by atoms with van der Waals surface area (Å²) in [4.78, 5) is 27.5. The molecule has 1 aliphatic rings. The zero-order valence-electron chi connectivity index (χ0n) is 23.1. The number of rotatable bonds is 7. The second-order valence-corrected chi connectivity index (χ2v) is 11.4. The molecular weight excluding hydrogens is 495 g/mol. The quantitative estimate of drug-likeness (QED) is 0.351. The lowest BCUT2D eigenvalue weighted by atomic mass is 9.64. The van der Waals surface area contributed by atoms with Crippen LogP contribution in [0, 0.1) is 31.0 Å². The molecule has 3 atom stereocenters. The van der Waals surface area contributed by atoms with Gasteiger partial charge in [-0.25, -0.2) is 24.0 Å². The van der Waals surface area contributed by atoms with E-state index in [2.05, 4.69) is 39.4 Å². The smallest absolute Gasteiger partial charge is 0.224 e. The Balaban J connectivity index is 1.23. The summed E-state index contributed by atoms with van der Waals surface area (Å²) >= 11 is 0. The van der Waals surface area contributed by atoms with Gasteiger partial charge in [0.15, 0.2) is 11.6 Å². The first-order valence-corrected chi connectivity index (χ1v) is 13.4. The van der Waals surface area contributed by atoms with Gasteiger partial charge < -0.3 is 5.32 Å². The van der Waals surface area contributed by atoms with Crippen molar-refractivity contribution in [3.63, 3.8) is 0 Å². The van der Waals surface area contributed by atoms with Crippen LogP contribution in [-0.4, -0.2) is 40.8 Å². The number of hydrogen-bond acceptors (Lipinski definition) is 6. The van der Waals surface area contributed by atoms with Gasteiger partial charge in [-0.1, -0.05) is 19.9 Å². The standard InChI is InChI=1S/C29H35FN8O/c1-17-10-23(12-24-11-18(2)36-37-24)35-27(33-17)20-6-8-25(29(4,5)13-20)28(39)34-19(3)21-7-9-26(31-14-21)38-16-22(30)15-32-38/h7,9-11,14-16,19-20,25H,6,8,12-13H2,1-5H3,(H,34,39)(H,36,37)/t19-,20+,25-/m0/s1. The van der Waals surface area contributed by atoms with Crippen LogP contribution >= 0.6 is 0 Å². The van der Waals surface area contributed by atoms with Crippen LogP contribution in [-0.2, 0) is 11.2 Å². The van der Waals surface area contributed by atoms with E-state index in [1.54, 1.807) is 12.3 Å². The van der Waals surface area contributed by atoms with Crippen molar-refractivity contribution in [2.45, 2.75) is 72.3 Å². The van der Waals surface area contributed by atoms with Crippen molar-refractivity contribution in [1.29, 1.82) is 0 Å². The van der Waals surface area contributed by atoms with Gasteiger partial charge in [-0.15, -0.1) is 0 Å². The maximum absolute atomic E-state index is 13.4. The zero-order valence-corrected chi connectivity index (χ0v) is 23.1. The van der Waals surface area contributed by atoms with E-state index in [9.17, 15) is 9.18 Å². The van der Waals surface area contributed by atoms with Gasteiger partial charge in [0.05, 0.1) is 29.8 Å². The predicted molar refractivity (Wildman–Crippen MR) is 145 cm³/mol. The second-order valence-electron chi connectivity index (χ2n) is 11.4. The maximum Gasteiger partial charge on any atom is 0.224 e. The van der Waals surface area contributed by atoms with Crippen LogP contribution in [0.25, 0.3) is 5.82 Å². The molecule has 39 heavy (non-hydrogen) atoms. The van der Waals surface area contributed by atoms with Crippen molar-refractivity contribution in [3.8, 4) is 5.82 Å². The summed E-state index contributed by atoms with van der Waals surface area (Å²) in [6.45, 7) is 10.3. The van der Waals surface area contributed by atoms with Gasteiger partial charge in [0.25, 0.3) is 0 Å². The minimum Gasteiger partial charge on any atom is -0.349 e. The SMILES string of the molecule is Cc1cc(Cc2cc(C)[nH]n2)nc([C@@H]2CC[C@@H](C(=O)N[C@@H](C)c3ccc(-n4cc(F)cn4)nc3)C(C)(C)C2)n1. The summed E-state index contributed by atoms with van der Waals surface area (Å²) < 4.78 is 14.6. The lowest BCUT2D eigenvalue weighted by molar-refractivity contribution is -0.131. The molecule has 0 saturated heterocycles. The summed E-state index contributed by atoms with van der Waals surface area (Å²) in [5.74, 6) is 1.08.